The van der Waals surface area contributed by atoms with E-state index < -0.39 is 0 Å². The predicted molar refractivity (Wildman–Crippen MR) is 80.6 cm³/mol. The van der Waals surface area contributed by atoms with E-state index in [1.54, 1.807) is 0 Å². The number of hydrogen-bond donors (Lipinski definition) is 1. The van der Waals surface area contributed by atoms with Gasteiger partial charge in [-0.1, -0.05) is 28.9 Å². The van der Waals surface area contributed by atoms with Gasteiger partial charge in [0.2, 0.25) is 0 Å². The van der Waals surface area contributed by atoms with Gasteiger partial charge in [0.25, 0.3) is 0 Å². The molecule has 1 aromatic carbocycles. The lowest BCUT2D eigenvalue weighted by Crippen LogP contribution is -2.46. The van der Waals surface area contributed by atoms with Crippen LogP contribution in [0.2, 0.25) is 0 Å². The number of hydrogen-bond acceptors (Lipinski definition) is 3. The highest BCUT2D eigenvalue weighted by atomic mass is 79.9. The van der Waals surface area contributed by atoms with Gasteiger partial charge in [-0.25, -0.2) is 0 Å². The summed E-state index contributed by atoms with van der Waals surface area (Å²) < 4.78 is 1.12. The average Bonchev–Trinajstić information content (AvgIpc) is 2.35. The van der Waals surface area contributed by atoms with Crippen molar-refractivity contribution in [3.8, 4) is 0 Å². The minimum Gasteiger partial charge on any atom is -0.399 e. The van der Waals surface area contributed by atoms with Crippen LogP contribution in [0.3, 0.4) is 0 Å². The van der Waals surface area contributed by atoms with Crippen LogP contribution in [0.4, 0.5) is 5.69 Å². The maximum Gasteiger partial charge on any atom is 0.0325 e. The molecule has 1 fully saturated rings. The number of piperazine rings is 1. The topological polar surface area (TPSA) is 32.5 Å². The molecule has 0 aromatic heterocycles. The number of nitrogens with zero attached hydrogens (tertiary/aromatic N) is 2. The molecule has 1 saturated heterocycles. The number of nitrogens with two attached hydrogens (primary N) is 1. The molecule has 18 heavy (non-hydrogen) atoms. The Labute approximate surface area is 118 Å². The summed E-state index contributed by atoms with van der Waals surface area (Å²) in [4.78, 5) is 5.07. The maximum absolute atomic E-state index is 5.76. The van der Waals surface area contributed by atoms with Gasteiger partial charge in [0.05, 0.1) is 0 Å². The van der Waals surface area contributed by atoms with Crippen molar-refractivity contribution in [2.75, 3.05) is 38.5 Å². The molecule has 100 valence electrons. The second kappa shape index (κ2) is 6.55. The third-order valence-electron chi connectivity index (χ3n) is 3.48. The minimum atomic E-state index is 0.818. The van der Waals surface area contributed by atoms with E-state index >= 15 is 0 Å². The number of nitrogen functional groups attached to an aromatic ring is 1. The normalized spacial score (nSPS) is 18.1. The van der Waals surface area contributed by atoms with Crippen LogP contribution in [0, 0.1) is 0 Å². The Hall–Kier alpha value is -0.580. The van der Waals surface area contributed by atoms with E-state index in [2.05, 4.69) is 38.7 Å². The largest absolute Gasteiger partial charge is 0.399 e. The lowest BCUT2D eigenvalue weighted by Gasteiger charge is -2.34. The Balaban J connectivity index is 1.87. The first-order valence-corrected chi connectivity index (χ1v) is 7.47. The highest BCUT2D eigenvalue weighted by Gasteiger charge is 2.16. The van der Waals surface area contributed by atoms with Gasteiger partial charge in [-0.05, 0) is 30.7 Å². The first-order chi connectivity index (χ1) is 8.69. The molecule has 0 radical (unpaired) electrons. The fourth-order valence-corrected chi connectivity index (χ4v) is 2.94. The molecule has 0 amide bonds. The molecule has 4 heteroatoms. The van der Waals surface area contributed by atoms with Gasteiger partial charge < -0.3 is 10.6 Å². The molecular formula is C14H22BrN3. The molecule has 1 aliphatic rings. The summed E-state index contributed by atoms with van der Waals surface area (Å²) in [5, 5.41) is 0. The van der Waals surface area contributed by atoms with E-state index in [-0.39, 0.29) is 0 Å². The number of benzene rings is 1. The molecule has 0 atom stereocenters. The summed E-state index contributed by atoms with van der Waals surface area (Å²) in [6.45, 7) is 9.21. The molecule has 0 unspecified atom stereocenters. The van der Waals surface area contributed by atoms with Crippen LogP contribution in [0.15, 0.2) is 22.7 Å². The van der Waals surface area contributed by atoms with Crippen LogP contribution in [-0.2, 0) is 6.54 Å². The summed E-state index contributed by atoms with van der Waals surface area (Å²) in [5.41, 5.74) is 7.91. The zero-order chi connectivity index (χ0) is 13.0. The van der Waals surface area contributed by atoms with Crippen LogP contribution < -0.4 is 5.73 Å². The fraction of sp³-hybridized carbons (Fsp3) is 0.571. The molecule has 0 spiro atoms. The second-order valence-corrected chi connectivity index (χ2v) is 5.82. The fourth-order valence-electron chi connectivity index (χ4n) is 2.42. The van der Waals surface area contributed by atoms with Crippen LogP contribution in [0.25, 0.3) is 0 Å². The molecule has 0 saturated carbocycles. The summed E-state index contributed by atoms with van der Waals surface area (Å²) in [7, 11) is 0. The molecular weight excluding hydrogens is 290 g/mol. The minimum absolute atomic E-state index is 0.818. The van der Waals surface area contributed by atoms with Crippen molar-refractivity contribution >= 4 is 21.6 Å². The molecule has 3 nitrogen and oxygen atoms in total. The van der Waals surface area contributed by atoms with Crippen molar-refractivity contribution in [2.45, 2.75) is 19.9 Å². The van der Waals surface area contributed by atoms with Crippen molar-refractivity contribution < 1.29 is 0 Å². The van der Waals surface area contributed by atoms with Gasteiger partial charge in [-0.2, -0.15) is 0 Å². The summed E-state index contributed by atoms with van der Waals surface area (Å²) in [6.07, 6.45) is 1.25. The van der Waals surface area contributed by atoms with Crippen LogP contribution in [0.5, 0.6) is 0 Å². The monoisotopic (exact) mass is 311 g/mol. The maximum atomic E-state index is 5.76. The summed E-state index contributed by atoms with van der Waals surface area (Å²) >= 11 is 3.59. The van der Waals surface area contributed by atoms with Crippen molar-refractivity contribution in [1.29, 1.82) is 0 Å². The van der Waals surface area contributed by atoms with Gasteiger partial charge in [0.1, 0.15) is 0 Å². The summed E-state index contributed by atoms with van der Waals surface area (Å²) in [6, 6.07) is 6.09. The van der Waals surface area contributed by atoms with E-state index in [9.17, 15) is 0 Å². The zero-order valence-corrected chi connectivity index (χ0v) is 12.6. The summed E-state index contributed by atoms with van der Waals surface area (Å²) in [5.74, 6) is 0. The Morgan fingerprint density at radius 3 is 2.44 bits per heavy atom. The molecule has 2 rings (SSSR count). The van der Waals surface area contributed by atoms with Crippen molar-refractivity contribution in [3.05, 3.63) is 28.2 Å². The first-order valence-electron chi connectivity index (χ1n) is 6.67. The number of anilines is 1. The van der Waals surface area contributed by atoms with Gasteiger partial charge >= 0.3 is 0 Å². The van der Waals surface area contributed by atoms with E-state index in [0.717, 1.165) is 29.8 Å². The van der Waals surface area contributed by atoms with E-state index in [4.69, 9.17) is 5.73 Å². The molecule has 0 aliphatic carbocycles. The SMILES string of the molecule is CCCN1CCN(Cc2ccc(N)cc2Br)CC1. The third-order valence-corrected chi connectivity index (χ3v) is 4.21. The zero-order valence-electron chi connectivity index (χ0n) is 11.0. The average molecular weight is 312 g/mol. The highest BCUT2D eigenvalue weighted by Crippen LogP contribution is 2.21. The van der Waals surface area contributed by atoms with Crippen molar-refractivity contribution in [2.24, 2.45) is 0 Å². The Kier molecular flexibility index (Phi) is 5.03. The van der Waals surface area contributed by atoms with Crippen molar-refractivity contribution in [3.63, 3.8) is 0 Å². The van der Waals surface area contributed by atoms with Gasteiger partial charge in [0.15, 0.2) is 0 Å². The lowest BCUT2D eigenvalue weighted by molar-refractivity contribution is 0.127. The Morgan fingerprint density at radius 1 is 1.17 bits per heavy atom. The number of rotatable bonds is 4. The van der Waals surface area contributed by atoms with Crippen molar-refractivity contribution in [1.82, 2.24) is 9.80 Å². The van der Waals surface area contributed by atoms with Crippen LogP contribution in [0.1, 0.15) is 18.9 Å². The number of halogens is 1. The Morgan fingerprint density at radius 2 is 1.83 bits per heavy atom. The molecule has 1 aliphatic heterocycles. The smallest absolute Gasteiger partial charge is 0.0325 e. The van der Waals surface area contributed by atoms with Gasteiger partial charge in [-0.3, -0.25) is 4.90 Å². The quantitative estimate of drug-likeness (QED) is 0.867. The van der Waals surface area contributed by atoms with Crippen LogP contribution >= 0.6 is 15.9 Å². The molecule has 2 N–H and O–H groups in total. The Bertz CT molecular complexity index is 387. The lowest BCUT2D eigenvalue weighted by atomic mass is 10.2. The first kappa shape index (κ1) is 13.8. The molecule has 1 heterocycles. The molecule has 0 bridgehead atoms. The predicted octanol–water partition coefficient (Wildman–Crippen LogP) is 2.56. The van der Waals surface area contributed by atoms with Gasteiger partial charge in [-0.15, -0.1) is 0 Å². The molecule has 1 aromatic rings. The van der Waals surface area contributed by atoms with E-state index in [0.29, 0.717) is 0 Å². The third kappa shape index (κ3) is 3.70. The second-order valence-electron chi connectivity index (χ2n) is 4.97. The highest BCUT2D eigenvalue weighted by molar-refractivity contribution is 9.10. The van der Waals surface area contributed by atoms with E-state index in [1.807, 2.05) is 12.1 Å². The standard InChI is InChI=1S/C14H22BrN3/c1-2-5-17-6-8-18(9-7-17)11-12-3-4-13(16)10-14(12)15/h3-4,10H,2,5-9,11,16H2,1H3. The van der Waals surface area contributed by atoms with Crippen LogP contribution in [-0.4, -0.2) is 42.5 Å². The van der Waals surface area contributed by atoms with Gasteiger partial charge in [0, 0.05) is 42.9 Å². The van der Waals surface area contributed by atoms with E-state index in [1.165, 1.54) is 31.6 Å².